The van der Waals surface area contributed by atoms with Crippen molar-refractivity contribution in [2.45, 2.75) is 56.5 Å². The number of carbonyl (C=O) groups is 1. The lowest BCUT2D eigenvalue weighted by molar-refractivity contribution is -0.192. The highest BCUT2D eigenvalue weighted by Gasteiger charge is 2.40. The minimum Gasteiger partial charge on any atom is -0.475 e. The molecule has 3 saturated heterocycles. The van der Waals surface area contributed by atoms with Crippen LogP contribution >= 0.6 is 0 Å². The van der Waals surface area contributed by atoms with Gasteiger partial charge in [0, 0.05) is 32.6 Å². The first-order chi connectivity index (χ1) is 14.8. The number of fused-ring (bicyclic) bond motifs is 1. The van der Waals surface area contributed by atoms with Gasteiger partial charge < -0.3 is 24.2 Å². The average molecular weight is 446 g/mol. The average Bonchev–Trinajstić information content (AvgIpc) is 3.18. The van der Waals surface area contributed by atoms with Crippen molar-refractivity contribution in [3.63, 3.8) is 0 Å². The number of hydrogen-bond donors (Lipinski definition) is 1. The molecule has 174 valence electrons. The topological polar surface area (TPSA) is 81.1 Å². The summed E-state index contributed by atoms with van der Waals surface area (Å²) in [6.07, 6.45) is 3.00. The Morgan fingerprint density at radius 1 is 1.16 bits per heavy atom. The Balaban J connectivity index is 0.000000339. The lowest BCUT2D eigenvalue weighted by Crippen LogP contribution is -2.44. The van der Waals surface area contributed by atoms with Gasteiger partial charge in [-0.05, 0) is 50.2 Å². The predicted octanol–water partition coefficient (Wildman–Crippen LogP) is 3.28. The third-order valence-corrected chi connectivity index (χ3v) is 5.82. The van der Waals surface area contributed by atoms with Crippen LogP contribution in [0.1, 0.15) is 32.1 Å². The molecule has 31 heavy (non-hydrogen) atoms. The SMILES string of the molecule is O=C(O)C(F)(F)F.c1ccc(N2CC[C@@H]3O[C@H](COCC4CCOCC4)CC[C@@H]32)nc1. The van der Waals surface area contributed by atoms with Crippen LogP contribution in [0.5, 0.6) is 0 Å². The van der Waals surface area contributed by atoms with Crippen molar-refractivity contribution in [3.05, 3.63) is 24.4 Å². The number of halogens is 3. The summed E-state index contributed by atoms with van der Waals surface area (Å²) in [6, 6.07) is 6.62. The van der Waals surface area contributed by atoms with E-state index in [1.54, 1.807) is 0 Å². The Hall–Kier alpha value is -1.91. The zero-order chi connectivity index (χ0) is 22.3. The molecule has 0 radical (unpaired) electrons. The fourth-order valence-electron chi connectivity index (χ4n) is 4.21. The molecule has 0 aliphatic carbocycles. The van der Waals surface area contributed by atoms with E-state index in [1.807, 2.05) is 12.3 Å². The van der Waals surface area contributed by atoms with Crippen molar-refractivity contribution < 1.29 is 37.3 Å². The predicted molar refractivity (Wildman–Crippen MR) is 106 cm³/mol. The van der Waals surface area contributed by atoms with Crippen molar-refractivity contribution in [2.24, 2.45) is 5.92 Å². The Morgan fingerprint density at radius 3 is 2.55 bits per heavy atom. The van der Waals surface area contributed by atoms with Gasteiger partial charge in [0.15, 0.2) is 0 Å². The molecule has 3 atom stereocenters. The monoisotopic (exact) mass is 446 g/mol. The molecule has 0 amide bonds. The van der Waals surface area contributed by atoms with E-state index in [0.717, 1.165) is 64.5 Å². The number of aromatic nitrogens is 1. The molecule has 7 nitrogen and oxygen atoms in total. The molecular weight excluding hydrogens is 417 g/mol. The molecule has 10 heteroatoms. The number of carboxylic acid groups (broad SMARTS) is 1. The zero-order valence-corrected chi connectivity index (χ0v) is 17.3. The Labute approximate surface area is 179 Å². The summed E-state index contributed by atoms with van der Waals surface area (Å²) >= 11 is 0. The molecule has 0 spiro atoms. The van der Waals surface area contributed by atoms with Gasteiger partial charge in [-0.25, -0.2) is 9.78 Å². The maximum Gasteiger partial charge on any atom is 0.490 e. The normalized spacial score (nSPS) is 26.7. The third kappa shape index (κ3) is 7.05. The Bertz CT molecular complexity index is 685. The van der Waals surface area contributed by atoms with Crippen molar-refractivity contribution in [3.8, 4) is 0 Å². The number of nitrogens with zero attached hydrogens (tertiary/aromatic N) is 2. The zero-order valence-electron chi connectivity index (χ0n) is 17.3. The van der Waals surface area contributed by atoms with Gasteiger partial charge in [-0.3, -0.25) is 0 Å². The first-order valence-electron chi connectivity index (χ1n) is 10.6. The van der Waals surface area contributed by atoms with Crippen LogP contribution in [0.4, 0.5) is 19.0 Å². The van der Waals surface area contributed by atoms with E-state index in [4.69, 9.17) is 24.1 Å². The molecule has 4 heterocycles. The number of alkyl halides is 3. The minimum atomic E-state index is -5.08. The van der Waals surface area contributed by atoms with Crippen molar-refractivity contribution in [1.82, 2.24) is 4.98 Å². The molecule has 0 saturated carbocycles. The summed E-state index contributed by atoms with van der Waals surface area (Å²) in [5, 5.41) is 7.12. The molecular formula is C21H29F3N2O5. The summed E-state index contributed by atoms with van der Waals surface area (Å²) in [7, 11) is 0. The Morgan fingerprint density at radius 2 is 1.90 bits per heavy atom. The third-order valence-electron chi connectivity index (χ3n) is 5.82. The van der Waals surface area contributed by atoms with Gasteiger partial charge in [-0.15, -0.1) is 0 Å². The van der Waals surface area contributed by atoms with Crippen LogP contribution in [0.15, 0.2) is 24.4 Å². The van der Waals surface area contributed by atoms with Crippen molar-refractivity contribution >= 4 is 11.8 Å². The van der Waals surface area contributed by atoms with Gasteiger partial charge in [0.2, 0.25) is 0 Å². The van der Waals surface area contributed by atoms with Gasteiger partial charge >= 0.3 is 12.1 Å². The first kappa shape index (κ1) is 23.7. The summed E-state index contributed by atoms with van der Waals surface area (Å²) in [4.78, 5) is 15.8. The van der Waals surface area contributed by atoms with E-state index < -0.39 is 12.1 Å². The highest BCUT2D eigenvalue weighted by molar-refractivity contribution is 5.73. The van der Waals surface area contributed by atoms with Gasteiger partial charge in [0.1, 0.15) is 5.82 Å². The Kier molecular flexibility index (Phi) is 8.50. The van der Waals surface area contributed by atoms with Crippen LogP contribution in [-0.2, 0) is 19.0 Å². The number of aliphatic carboxylic acids is 1. The molecule has 1 aromatic rings. The van der Waals surface area contributed by atoms with Crippen LogP contribution < -0.4 is 4.90 Å². The van der Waals surface area contributed by atoms with Crippen molar-refractivity contribution in [1.29, 1.82) is 0 Å². The summed E-state index contributed by atoms with van der Waals surface area (Å²) < 4.78 is 49.4. The van der Waals surface area contributed by atoms with Crippen LogP contribution in [-0.4, -0.2) is 73.5 Å². The molecule has 1 aromatic heterocycles. The van der Waals surface area contributed by atoms with E-state index in [-0.39, 0.29) is 6.10 Å². The van der Waals surface area contributed by atoms with Gasteiger partial charge in [0.25, 0.3) is 0 Å². The largest absolute Gasteiger partial charge is 0.490 e. The number of anilines is 1. The van der Waals surface area contributed by atoms with Crippen LogP contribution in [0.25, 0.3) is 0 Å². The second kappa shape index (κ2) is 11.1. The second-order valence-electron chi connectivity index (χ2n) is 8.01. The molecule has 4 rings (SSSR count). The quantitative estimate of drug-likeness (QED) is 0.743. The van der Waals surface area contributed by atoms with E-state index in [2.05, 4.69) is 22.0 Å². The molecule has 0 aromatic carbocycles. The maximum absolute atomic E-state index is 10.6. The number of hydrogen-bond acceptors (Lipinski definition) is 6. The number of rotatable bonds is 5. The lowest BCUT2D eigenvalue weighted by atomic mass is 9.99. The number of ether oxygens (including phenoxy) is 3. The van der Waals surface area contributed by atoms with E-state index in [0.29, 0.717) is 18.1 Å². The van der Waals surface area contributed by atoms with Gasteiger partial charge in [-0.1, -0.05) is 6.07 Å². The first-order valence-corrected chi connectivity index (χ1v) is 10.6. The second-order valence-corrected chi connectivity index (χ2v) is 8.01. The van der Waals surface area contributed by atoms with Crippen LogP contribution in [0, 0.1) is 5.92 Å². The molecule has 0 bridgehead atoms. The minimum absolute atomic E-state index is 0.259. The number of pyridine rings is 1. The summed E-state index contributed by atoms with van der Waals surface area (Å²) in [5.74, 6) is -1.00. The smallest absolute Gasteiger partial charge is 0.475 e. The van der Waals surface area contributed by atoms with Crippen LogP contribution in [0.3, 0.4) is 0 Å². The molecule has 1 N–H and O–H groups in total. The molecule has 3 aliphatic rings. The number of carboxylic acids is 1. The standard InChI is InChI=1S/C19H28N2O3.C2HF3O2/c1-2-9-20-19(3-1)21-10-6-18-17(21)5-4-16(24-18)14-23-13-15-7-11-22-12-8-15;3-2(4,5)1(6)7/h1-3,9,15-18H,4-8,10-14H2;(H,6,7)/t16-,17-,18-;/m0./s1. The molecule has 3 fully saturated rings. The maximum atomic E-state index is 10.6. The molecule has 3 aliphatic heterocycles. The van der Waals surface area contributed by atoms with Gasteiger partial charge in [0.05, 0.1) is 24.9 Å². The van der Waals surface area contributed by atoms with Gasteiger partial charge in [-0.2, -0.15) is 13.2 Å². The van der Waals surface area contributed by atoms with E-state index in [9.17, 15) is 13.2 Å². The van der Waals surface area contributed by atoms with Crippen LogP contribution in [0.2, 0.25) is 0 Å². The van der Waals surface area contributed by atoms with E-state index in [1.165, 1.54) is 6.42 Å². The lowest BCUT2D eigenvalue weighted by Gasteiger charge is -2.36. The summed E-state index contributed by atoms with van der Waals surface area (Å²) in [5.41, 5.74) is 0. The highest BCUT2D eigenvalue weighted by atomic mass is 19.4. The van der Waals surface area contributed by atoms with Crippen molar-refractivity contribution in [2.75, 3.05) is 37.9 Å². The van der Waals surface area contributed by atoms with E-state index >= 15 is 0 Å². The molecule has 0 unspecified atom stereocenters. The fraction of sp³-hybridized carbons (Fsp3) is 0.714. The highest BCUT2D eigenvalue weighted by Crippen LogP contribution is 2.34. The fourth-order valence-corrected chi connectivity index (χ4v) is 4.21. The summed E-state index contributed by atoms with van der Waals surface area (Å²) in [6.45, 7) is 4.42.